The minimum atomic E-state index is -0.842. The maximum atomic E-state index is 12.6. The van der Waals surface area contributed by atoms with Crippen LogP contribution in [0.4, 0.5) is 0 Å². The van der Waals surface area contributed by atoms with Crippen LogP contribution in [0.2, 0.25) is 0 Å². The second-order valence-electron chi connectivity index (χ2n) is 5.89. The first kappa shape index (κ1) is 15.5. The molecule has 0 aliphatic heterocycles. The molecule has 0 spiro atoms. The third kappa shape index (κ3) is 4.31. The zero-order valence-corrected chi connectivity index (χ0v) is 12.5. The molecule has 1 aromatic carbocycles. The van der Waals surface area contributed by atoms with Crippen LogP contribution in [0.15, 0.2) is 30.3 Å². The number of hydrogen-bond acceptors (Lipinski definition) is 2. The molecule has 1 unspecified atom stereocenters. The van der Waals surface area contributed by atoms with Crippen LogP contribution in [-0.4, -0.2) is 34.5 Å². The summed E-state index contributed by atoms with van der Waals surface area (Å²) in [5.74, 6) is -1.32. The van der Waals surface area contributed by atoms with Crippen molar-refractivity contribution in [1.82, 2.24) is 4.90 Å². The minimum Gasteiger partial charge on any atom is -0.481 e. The Morgan fingerprint density at radius 1 is 1.24 bits per heavy atom. The highest BCUT2D eigenvalue weighted by molar-refractivity contribution is 5.80. The maximum absolute atomic E-state index is 12.6. The SMILES string of the molecule is CC(CN(C(=O)Cc1ccccc1)C1CCCC1)C(=O)O. The fraction of sp³-hybridized carbons (Fsp3) is 0.529. The van der Waals surface area contributed by atoms with Gasteiger partial charge in [-0.15, -0.1) is 0 Å². The Morgan fingerprint density at radius 2 is 1.86 bits per heavy atom. The smallest absolute Gasteiger partial charge is 0.308 e. The first-order chi connectivity index (χ1) is 10.1. The van der Waals surface area contributed by atoms with E-state index in [4.69, 9.17) is 5.11 Å². The van der Waals surface area contributed by atoms with Gasteiger partial charge in [-0.25, -0.2) is 0 Å². The Balaban J connectivity index is 2.06. The molecule has 0 radical (unpaired) electrons. The molecule has 1 fully saturated rings. The van der Waals surface area contributed by atoms with Crippen LogP contribution in [0.5, 0.6) is 0 Å². The molecular formula is C17H23NO3. The van der Waals surface area contributed by atoms with Gasteiger partial charge in [-0.05, 0) is 18.4 Å². The van der Waals surface area contributed by atoms with Gasteiger partial charge in [-0.3, -0.25) is 9.59 Å². The van der Waals surface area contributed by atoms with Crippen LogP contribution in [0.3, 0.4) is 0 Å². The topological polar surface area (TPSA) is 57.6 Å². The summed E-state index contributed by atoms with van der Waals surface area (Å²) >= 11 is 0. The van der Waals surface area contributed by atoms with Crippen molar-refractivity contribution in [3.8, 4) is 0 Å². The van der Waals surface area contributed by atoms with Gasteiger partial charge in [0.25, 0.3) is 0 Å². The fourth-order valence-corrected chi connectivity index (χ4v) is 2.92. The zero-order valence-electron chi connectivity index (χ0n) is 12.5. The predicted molar refractivity (Wildman–Crippen MR) is 80.9 cm³/mol. The molecule has 1 aromatic rings. The highest BCUT2D eigenvalue weighted by Crippen LogP contribution is 2.25. The molecule has 1 N–H and O–H groups in total. The number of benzene rings is 1. The third-order valence-electron chi connectivity index (χ3n) is 4.18. The lowest BCUT2D eigenvalue weighted by Gasteiger charge is -2.30. The highest BCUT2D eigenvalue weighted by Gasteiger charge is 2.29. The van der Waals surface area contributed by atoms with Crippen LogP contribution in [0.1, 0.15) is 38.2 Å². The Morgan fingerprint density at radius 3 is 2.43 bits per heavy atom. The van der Waals surface area contributed by atoms with Crippen molar-refractivity contribution < 1.29 is 14.7 Å². The van der Waals surface area contributed by atoms with E-state index in [1.165, 1.54) is 0 Å². The van der Waals surface area contributed by atoms with Crippen LogP contribution < -0.4 is 0 Å². The molecule has 1 aliphatic carbocycles. The van der Waals surface area contributed by atoms with E-state index in [1.54, 1.807) is 11.8 Å². The second-order valence-corrected chi connectivity index (χ2v) is 5.89. The quantitative estimate of drug-likeness (QED) is 0.876. The average molecular weight is 289 g/mol. The number of carbonyl (C=O) groups is 2. The van der Waals surface area contributed by atoms with Crippen molar-refractivity contribution in [3.63, 3.8) is 0 Å². The van der Waals surface area contributed by atoms with Gasteiger partial charge >= 0.3 is 5.97 Å². The summed E-state index contributed by atoms with van der Waals surface area (Å²) in [6.45, 7) is 1.98. The highest BCUT2D eigenvalue weighted by atomic mass is 16.4. The minimum absolute atomic E-state index is 0.0428. The van der Waals surface area contributed by atoms with Gasteiger partial charge in [0.15, 0.2) is 0 Å². The van der Waals surface area contributed by atoms with Crippen LogP contribution in [0.25, 0.3) is 0 Å². The van der Waals surface area contributed by atoms with Gasteiger partial charge in [-0.1, -0.05) is 50.1 Å². The first-order valence-electron chi connectivity index (χ1n) is 7.64. The van der Waals surface area contributed by atoms with Crippen LogP contribution in [0, 0.1) is 5.92 Å². The zero-order chi connectivity index (χ0) is 15.2. The number of carboxylic acid groups (broad SMARTS) is 1. The first-order valence-corrected chi connectivity index (χ1v) is 7.64. The number of nitrogens with zero attached hydrogens (tertiary/aromatic N) is 1. The Bertz CT molecular complexity index is 480. The maximum Gasteiger partial charge on any atom is 0.308 e. The second kappa shape index (κ2) is 7.25. The largest absolute Gasteiger partial charge is 0.481 e. The van der Waals surface area contributed by atoms with Gasteiger partial charge in [0.1, 0.15) is 0 Å². The van der Waals surface area contributed by atoms with E-state index in [2.05, 4.69) is 0 Å². The van der Waals surface area contributed by atoms with Crippen molar-refractivity contribution in [2.45, 2.75) is 45.1 Å². The third-order valence-corrected chi connectivity index (χ3v) is 4.18. The lowest BCUT2D eigenvalue weighted by molar-refractivity contribution is -0.143. The molecule has 21 heavy (non-hydrogen) atoms. The summed E-state index contributed by atoms with van der Waals surface area (Å²) in [6, 6.07) is 9.85. The standard InChI is InChI=1S/C17H23NO3/c1-13(17(20)21)12-18(15-9-5-6-10-15)16(19)11-14-7-3-2-4-8-14/h2-4,7-8,13,15H,5-6,9-12H2,1H3,(H,20,21). The predicted octanol–water partition coefficient (Wildman–Crippen LogP) is 2.72. The van der Waals surface area contributed by atoms with Crippen molar-refractivity contribution in [2.75, 3.05) is 6.54 Å². The molecule has 1 atom stereocenters. The molecule has 1 aliphatic rings. The summed E-state index contributed by atoms with van der Waals surface area (Å²) in [5.41, 5.74) is 0.980. The molecule has 0 bridgehead atoms. The Hall–Kier alpha value is -1.84. The molecule has 4 nitrogen and oxygen atoms in total. The van der Waals surface area contributed by atoms with E-state index in [0.717, 1.165) is 31.2 Å². The van der Waals surface area contributed by atoms with Gasteiger partial charge < -0.3 is 10.0 Å². The molecule has 1 saturated carbocycles. The molecule has 114 valence electrons. The van der Waals surface area contributed by atoms with Crippen LogP contribution in [-0.2, 0) is 16.0 Å². The fourth-order valence-electron chi connectivity index (χ4n) is 2.92. The van der Waals surface area contributed by atoms with Gasteiger partial charge in [0.05, 0.1) is 12.3 Å². The number of rotatable bonds is 6. The van der Waals surface area contributed by atoms with Gasteiger partial charge in [0.2, 0.25) is 5.91 Å². The summed E-state index contributed by atoms with van der Waals surface area (Å²) in [7, 11) is 0. The molecular weight excluding hydrogens is 266 g/mol. The lowest BCUT2D eigenvalue weighted by atomic mass is 10.1. The van der Waals surface area contributed by atoms with E-state index in [9.17, 15) is 9.59 Å². The summed E-state index contributed by atoms with van der Waals surface area (Å²) < 4.78 is 0. The lowest BCUT2D eigenvalue weighted by Crippen LogP contribution is -2.43. The van der Waals surface area contributed by atoms with E-state index >= 15 is 0 Å². The molecule has 2 rings (SSSR count). The van der Waals surface area contributed by atoms with Crippen molar-refractivity contribution in [3.05, 3.63) is 35.9 Å². The number of amides is 1. The molecule has 0 heterocycles. The summed E-state index contributed by atoms with van der Waals surface area (Å²) in [4.78, 5) is 25.5. The van der Waals surface area contributed by atoms with Crippen molar-refractivity contribution in [2.24, 2.45) is 5.92 Å². The molecule has 1 amide bonds. The summed E-state index contributed by atoms with van der Waals surface area (Å²) in [6.07, 6.45) is 4.59. The molecule has 0 aromatic heterocycles. The summed E-state index contributed by atoms with van der Waals surface area (Å²) in [5, 5.41) is 9.11. The number of carbonyl (C=O) groups excluding carboxylic acids is 1. The van der Waals surface area contributed by atoms with E-state index in [-0.39, 0.29) is 11.9 Å². The average Bonchev–Trinajstić information content (AvgIpc) is 2.99. The van der Waals surface area contributed by atoms with Crippen molar-refractivity contribution in [1.29, 1.82) is 0 Å². The van der Waals surface area contributed by atoms with Gasteiger partial charge in [0, 0.05) is 12.6 Å². The molecule has 4 heteroatoms. The number of aliphatic carboxylic acids is 1. The normalized spacial score (nSPS) is 16.6. The number of hydrogen-bond donors (Lipinski definition) is 1. The Labute approximate surface area is 125 Å². The Kier molecular flexibility index (Phi) is 5.37. The van der Waals surface area contributed by atoms with E-state index in [0.29, 0.717) is 13.0 Å². The monoisotopic (exact) mass is 289 g/mol. The number of carboxylic acids is 1. The van der Waals surface area contributed by atoms with E-state index in [1.807, 2.05) is 30.3 Å². The van der Waals surface area contributed by atoms with Gasteiger partial charge in [-0.2, -0.15) is 0 Å². The van der Waals surface area contributed by atoms with Crippen LogP contribution >= 0.6 is 0 Å². The van der Waals surface area contributed by atoms with E-state index < -0.39 is 11.9 Å². The van der Waals surface area contributed by atoms with Crippen molar-refractivity contribution >= 4 is 11.9 Å². The molecule has 0 saturated heterocycles.